The molecule has 0 aromatic heterocycles. The van der Waals surface area contributed by atoms with Crippen molar-refractivity contribution >= 4 is 0 Å². The van der Waals surface area contributed by atoms with Crippen LogP contribution in [0.25, 0.3) is 0 Å². The van der Waals surface area contributed by atoms with E-state index < -0.39 is 60.4 Å². The van der Waals surface area contributed by atoms with Gasteiger partial charge in [-0.15, -0.1) is 0 Å². The van der Waals surface area contributed by atoms with E-state index in [1.54, 1.807) is 12.2 Å². The zero-order valence-electron chi connectivity index (χ0n) is 14.4. The zero-order valence-corrected chi connectivity index (χ0v) is 14.4. The maximum absolute atomic E-state index is 13.9. The number of ether oxygens (including phenoxy) is 2. The molecule has 1 saturated carbocycles. The largest absolute Gasteiger partial charge is 0.443 e. The van der Waals surface area contributed by atoms with Crippen LogP contribution in [0, 0.1) is 11.8 Å². The van der Waals surface area contributed by atoms with Crippen molar-refractivity contribution in [1.82, 2.24) is 0 Å². The van der Waals surface area contributed by atoms with Crippen LogP contribution in [0.4, 0.5) is 39.5 Å². The molecule has 1 saturated heterocycles. The van der Waals surface area contributed by atoms with E-state index in [2.05, 4.69) is 4.74 Å². The van der Waals surface area contributed by atoms with Gasteiger partial charge in [0.25, 0.3) is 5.79 Å². The van der Waals surface area contributed by atoms with Crippen LogP contribution in [0.1, 0.15) is 32.6 Å². The highest BCUT2D eigenvalue weighted by Crippen LogP contribution is 2.59. The minimum Gasteiger partial charge on any atom is -0.361 e. The Morgan fingerprint density at radius 1 is 0.893 bits per heavy atom. The second kappa shape index (κ2) is 6.00. The quantitative estimate of drug-likeness (QED) is 0.514. The highest BCUT2D eigenvalue weighted by molar-refractivity contribution is 5.14. The summed E-state index contributed by atoms with van der Waals surface area (Å²) < 4.78 is 131. The molecule has 0 aromatic carbocycles. The molecule has 2 fully saturated rings. The van der Waals surface area contributed by atoms with Crippen LogP contribution in [0.3, 0.4) is 0 Å². The third-order valence-electron chi connectivity index (χ3n) is 5.70. The van der Waals surface area contributed by atoms with Crippen molar-refractivity contribution in [2.24, 2.45) is 11.8 Å². The van der Waals surface area contributed by atoms with E-state index in [4.69, 9.17) is 4.74 Å². The summed E-state index contributed by atoms with van der Waals surface area (Å²) in [5.41, 5.74) is -7.82. The van der Waals surface area contributed by atoms with Crippen molar-refractivity contribution in [2.75, 3.05) is 0 Å². The van der Waals surface area contributed by atoms with Gasteiger partial charge < -0.3 is 14.6 Å². The van der Waals surface area contributed by atoms with Crippen LogP contribution < -0.4 is 0 Å². The molecule has 1 aliphatic heterocycles. The van der Waals surface area contributed by atoms with Crippen LogP contribution in [0.5, 0.6) is 0 Å². The second-order valence-corrected chi connectivity index (χ2v) is 7.89. The third kappa shape index (κ3) is 3.30. The molecule has 1 heterocycles. The summed E-state index contributed by atoms with van der Waals surface area (Å²) in [5.74, 6) is -5.36. The number of rotatable bonds is 2. The predicted octanol–water partition coefficient (Wildman–Crippen LogP) is 4.65. The lowest BCUT2D eigenvalue weighted by Gasteiger charge is -2.53. The van der Waals surface area contributed by atoms with Gasteiger partial charge in [-0.05, 0) is 25.7 Å². The highest BCUT2D eigenvalue weighted by Gasteiger charge is 2.77. The third-order valence-corrected chi connectivity index (χ3v) is 5.70. The lowest BCUT2D eigenvalue weighted by atomic mass is 9.77. The molecule has 28 heavy (non-hydrogen) atoms. The number of halogens is 9. The minimum absolute atomic E-state index is 0.0486. The number of hydrogen-bond acceptors (Lipinski definition) is 3. The molecular formula is C16H17F9O3. The molecule has 2 bridgehead atoms. The van der Waals surface area contributed by atoms with Crippen LogP contribution in [-0.2, 0) is 9.47 Å². The number of aliphatic hydroxyl groups is 1. The van der Waals surface area contributed by atoms with Gasteiger partial charge in [0.1, 0.15) is 0 Å². The topological polar surface area (TPSA) is 38.7 Å². The molecule has 3 rings (SSSR count). The fraction of sp³-hybridized carbons (Fsp3) is 0.875. The number of hydrogen-bond donors (Lipinski definition) is 1. The Balaban J connectivity index is 2.07. The normalized spacial score (nSPS) is 44.3. The van der Waals surface area contributed by atoms with Gasteiger partial charge in [-0.3, -0.25) is 0 Å². The molecule has 0 radical (unpaired) electrons. The van der Waals surface area contributed by atoms with Gasteiger partial charge in [-0.1, -0.05) is 12.2 Å². The molecule has 1 N–H and O–H groups in total. The maximum atomic E-state index is 13.9. The molecular weight excluding hydrogens is 411 g/mol. The van der Waals surface area contributed by atoms with Crippen molar-refractivity contribution in [3.05, 3.63) is 12.2 Å². The molecule has 0 amide bonds. The first-order valence-corrected chi connectivity index (χ1v) is 8.40. The minimum atomic E-state index is -5.91. The summed E-state index contributed by atoms with van der Waals surface area (Å²) in [7, 11) is 0. The van der Waals surface area contributed by atoms with E-state index in [1.807, 2.05) is 0 Å². The fourth-order valence-corrected chi connectivity index (χ4v) is 4.26. The first kappa shape index (κ1) is 21.7. The SMILES string of the molecule is CC1(C(F)(F)F)CC(OC2CC3C=CC2C3)(C(F)(F)F)CC(O)(C(F)(F)F)O1. The summed E-state index contributed by atoms with van der Waals surface area (Å²) in [6, 6.07) is 0. The highest BCUT2D eigenvalue weighted by atomic mass is 19.4. The van der Waals surface area contributed by atoms with Crippen molar-refractivity contribution < 1.29 is 54.1 Å². The molecule has 6 atom stereocenters. The summed E-state index contributed by atoms with van der Waals surface area (Å²) in [5, 5.41) is 9.77. The van der Waals surface area contributed by atoms with Gasteiger partial charge in [-0.25, -0.2) is 0 Å². The lowest BCUT2D eigenvalue weighted by molar-refractivity contribution is -0.475. The Morgan fingerprint density at radius 2 is 1.50 bits per heavy atom. The van der Waals surface area contributed by atoms with Crippen molar-refractivity contribution in [1.29, 1.82) is 0 Å². The summed E-state index contributed by atoms with van der Waals surface area (Å²) >= 11 is 0. The lowest BCUT2D eigenvalue weighted by Crippen LogP contribution is -2.71. The average molecular weight is 428 g/mol. The Bertz CT molecular complexity index is 625. The van der Waals surface area contributed by atoms with Crippen LogP contribution in [0.15, 0.2) is 12.2 Å². The van der Waals surface area contributed by atoms with E-state index in [0.717, 1.165) is 0 Å². The predicted molar refractivity (Wildman–Crippen MR) is 74.8 cm³/mol. The van der Waals surface area contributed by atoms with E-state index in [1.165, 1.54) is 0 Å². The average Bonchev–Trinajstić information content (AvgIpc) is 3.05. The Hall–Kier alpha value is -1.01. The summed E-state index contributed by atoms with van der Waals surface area (Å²) in [4.78, 5) is 0. The second-order valence-electron chi connectivity index (χ2n) is 7.89. The Morgan fingerprint density at radius 3 is 1.89 bits per heavy atom. The maximum Gasteiger partial charge on any atom is 0.443 e. The molecule has 162 valence electrons. The van der Waals surface area contributed by atoms with E-state index >= 15 is 0 Å². The van der Waals surface area contributed by atoms with Crippen molar-refractivity contribution in [3.8, 4) is 0 Å². The molecule has 3 nitrogen and oxygen atoms in total. The van der Waals surface area contributed by atoms with Crippen molar-refractivity contribution in [3.63, 3.8) is 0 Å². The molecule has 2 aliphatic carbocycles. The Kier molecular flexibility index (Phi) is 4.65. The number of alkyl halides is 9. The first-order chi connectivity index (χ1) is 12.4. The van der Waals surface area contributed by atoms with E-state index in [0.29, 0.717) is 6.42 Å². The van der Waals surface area contributed by atoms with Crippen LogP contribution in [0.2, 0.25) is 0 Å². The van der Waals surface area contributed by atoms with Crippen molar-refractivity contribution in [2.45, 2.75) is 74.2 Å². The zero-order chi connectivity index (χ0) is 21.4. The summed E-state index contributed by atoms with van der Waals surface area (Å²) in [6.07, 6.45) is -18.8. The molecule has 3 aliphatic rings. The number of fused-ring (bicyclic) bond motifs is 2. The Labute approximate surface area is 153 Å². The fourth-order valence-electron chi connectivity index (χ4n) is 4.26. The van der Waals surface area contributed by atoms with Crippen LogP contribution in [-0.4, -0.2) is 46.7 Å². The molecule has 6 unspecified atom stereocenters. The van der Waals surface area contributed by atoms with E-state index in [-0.39, 0.29) is 19.3 Å². The number of allylic oxidation sites excluding steroid dienone is 1. The summed E-state index contributed by atoms with van der Waals surface area (Å²) in [6.45, 7) is 0.0490. The van der Waals surface area contributed by atoms with Gasteiger partial charge in [0.2, 0.25) is 0 Å². The smallest absolute Gasteiger partial charge is 0.361 e. The van der Waals surface area contributed by atoms with Gasteiger partial charge in [0, 0.05) is 18.8 Å². The van der Waals surface area contributed by atoms with Gasteiger partial charge in [-0.2, -0.15) is 39.5 Å². The first-order valence-electron chi connectivity index (χ1n) is 8.40. The van der Waals surface area contributed by atoms with Gasteiger partial charge in [0.15, 0.2) is 11.2 Å². The van der Waals surface area contributed by atoms with E-state index in [9.17, 15) is 44.6 Å². The van der Waals surface area contributed by atoms with Gasteiger partial charge >= 0.3 is 18.5 Å². The molecule has 12 heteroatoms. The monoisotopic (exact) mass is 428 g/mol. The molecule has 0 aromatic rings. The van der Waals surface area contributed by atoms with Crippen LogP contribution >= 0.6 is 0 Å². The molecule has 0 spiro atoms. The van der Waals surface area contributed by atoms with Gasteiger partial charge in [0.05, 0.1) is 6.10 Å². The standard InChI is InChI=1S/C16H17F9O3/c1-11(14(17,18)19)6-12(15(20,21)22,7-13(26,28-11)16(23,24)25)27-10-5-8-2-3-9(10)4-8/h2-3,8-10,26H,4-7H2,1H3.